The number of para-hydroxylation sites is 1. The number of nitrogens with one attached hydrogen (secondary N) is 1. The van der Waals surface area contributed by atoms with Crippen LogP contribution < -0.4 is 5.32 Å². The fourth-order valence-electron chi connectivity index (χ4n) is 3.61. The summed E-state index contributed by atoms with van der Waals surface area (Å²) >= 11 is 6.12. The lowest BCUT2D eigenvalue weighted by molar-refractivity contribution is 0.421. The molecule has 1 nitrogen and oxygen atoms in total. The summed E-state index contributed by atoms with van der Waals surface area (Å²) in [7, 11) is 0. The highest BCUT2D eigenvalue weighted by molar-refractivity contribution is 6.30. The second-order valence-electron chi connectivity index (χ2n) is 5.73. The fourth-order valence-corrected chi connectivity index (χ4v) is 3.81. The van der Waals surface area contributed by atoms with Crippen molar-refractivity contribution in [2.45, 2.75) is 18.4 Å². The van der Waals surface area contributed by atoms with E-state index < -0.39 is 0 Å². The van der Waals surface area contributed by atoms with Gasteiger partial charge in [0.1, 0.15) is 5.82 Å². The molecule has 2 aliphatic rings. The van der Waals surface area contributed by atoms with E-state index in [1.165, 1.54) is 6.07 Å². The molecule has 0 saturated carbocycles. The maximum absolute atomic E-state index is 14.2. The largest absolute Gasteiger partial charge is 0.375 e. The van der Waals surface area contributed by atoms with E-state index in [4.69, 9.17) is 11.6 Å². The van der Waals surface area contributed by atoms with Crippen molar-refractivity contribution >= 4 is 17.3 Å². The van der Waals surface area contributed by atoms with Gasteiger partial charge in [-0.05, 0) is 41.7 Å². The van der Waals surface area contributed by atoms with E-state index in [9.17, 15) is 4.39 Å². The van der Waals surface area contributed by atoms with Crippen LogP contribution in [0.5, 0.6) is 0 Å². The predicted molar refractivity (Wildman–Crippen MR) is 84.2 cm³/mol. The Balaban J connectivity index is 1.83. The summed E-state index contributed by atoms with van der Waals surface area (Å²) in [5.74, 6) is 0.511. The minimum Gasteiger partial charge on any atom is -0.375 e. The minimum atomic E-state index is -0.182. The first-order valence-electron chi connectivity index (χ1n) is 7.21. The van der Waals surface area contributed by atoms with Gasteiger partial charge in [-0.25, -0.2) is 4.39 Å². The van der Waals surface area contributed by atoms with Crippen molar-refractivity contribution in [1.29, 1.82) is 0 Å². The van der Waals surface area contributed by atoms with Gasteiger partial charge in [0.2, 0.25) is 0 Å². The number of fused-ring (bicyclic) bond motifs is 3. The van der Waals surface area contributed by atoms with E-state index in [2.05, 4.69) is 23.5 Å². The molecular formula is C18H15ClFN. The van der Waals surface area contributed by atoms with Gasteiger partial charge in [0, 0.05) is 10.9 Å². The molecule has 1 N–H and O–H groups in total. The molecule has 0 aromatic heterocycles. The van der Waals surface area contributed by atoms with Gasteiger partial charge < -0.3 is 5.32 Å². The third-order valence-corrected chi connectivity index (χ3v) is 4.79. The van der Waals surface area contributed by atoms with Crippen LogP contribution in [-0.2, 0) is 0 Å². The van der Waals surface area contributed by atoms with Crippen molar-refractivity contribution in [1.82, 2.24) is 0 Å². The Labute approximate surface area is 128 Å². The first-order valence-corrected chi connectivity index (χ1v) is 7.59. The molecule has 0 radical (unpaired) electrons. The zero-order chi connectivity index (χ0) is 14.4. The Morgan fingerprint density at radius 2 is 2.00 bits per heavy atom. The van der Waals surface area contributed by atoms with Crippen LogP contribution in [0.25, 0.3) is 0 Å². The van der Waals surface area contributed by atoms with Crippen molar-refractivity contribution in [2.75, 3.05) is 5.32 Å². The van der Waals surface area contributed by atoms with Crippen LogP contribution in [-0.4, -0.2) is 0 Å². The lowest BCUT2D eigenvalue weighted by Crippen LogP contribution is -2.29. The monoisotopic (exact) mass is 299 g/mol. The molecule has 2 aromatic carbocycles. The summed E-state index contributed by atoms with van der Waals surface area (Å²) in [6.07, 6.45) is 5.42. The van der Waals surface area contributed by atoms with Crippen LogP contribution in [0.15, 0.2) is 54.6 Å². The van der Waals surface area contributed by atoms with Crippen LogP contribution in [0, 0.1) is 11.7 Å². The zero-order valence-corrected chi connectivity index (χ0v) is 12.1. The normalized spacial score (nSPS) is 26.1. The summed E-state index contributed by atoms with van der Waals surface area (Å²) in [6.45, 7) is 0. The van der Waals surface area contributed by atoms with Crippen molar-refractivity contribution in [3.05, 3.63) is 76.6 Å². The smallest absolute Gasteiger partial charge is 0.146 e. The Hall–Kier alpha value is -1.80. The molecule has 3 heteroatoms. The average Bonchev–Trinajstić information content (AvgIpc) is 2.96. The van der Waals surface area contributed by atoms with Crippen LogP contribution in [0.3, 0.4) is 0 Å². The molecule has 2 aromatic rings. The molecule has 0 unspecified atom stereocenters. The molecular weight excluding hydrogens is 285 g/mol. The molecule has 1 aliphatic heterocycles. The molecule has 4 rings (SSSR count). The molecule has 21 heavy (non-hydrogen) atoms. The first kappa shape index (κ1) is 12.9. The maximum Gasteiger partial charge on any atom is 0.146 e. The number of allylic oxidation sites excluding steroid dienone is 2. The Bertz CT molecular complexity index is 725. The van der Waals surface area contributed by atoms with Gasteiger partial charge in [0.25, 0.3) is 0 Å². The fraction of sp³-hybridized carbons (Fsp3) is 0.222. The molecule has 0 saturated heterocycles. The summed E-state index contributed by atoms with van der Waals surface area (Å²) in [4.78, 5) is 0. The predicted octanol–water partition coefficient (Wildman–Crippen LogP) is 5.31. The molecule has 0 amide bonds. The molecule has 106 valence electrons. The van der Waals surface area contributed by atoms with Crippen LogP contribution in [0.1, 0.15) is 29.5 Å². The quantitative estimate of drug-likeness (QED) is 0.704. The molecule has 0 spiro atoms. The highest BCUT2D eigenvalue weighted by Gasteiger charge is 2.38. The Morgan fingerprint density at radius 3 is 2.86 bits per heavy atom. The van der Waals surface area contributed by atoms with E-state index in [1.807, 2.05) is 24.3 Å². The maximum atomic E-state index is 14.2. The summed E-state index contributed by atoms with van der Waals surface area (Å²) in [5.41, 5.74) is 2.82. The standard InChI is InChI=1S/C18H15ClFN/c19-12-5-1-4-11(10-12)17-14-7-2-6-13(14)15-8-3-9-16(20)18(15)21-17/h1-6,8-10,13-14,17,21H,7H2/t13-,14+,17+/m1/s1. The lowest BCUT2D eigenvalue weighted by atomic mass is 9.77. The van der Waals surface area contributed by atoms with Gasteiger partial charge in [-0.15, -0.1) is 0 Å². The lowest BCUT2D eigenvalue weighted by Gasteiger charge is -2.37. The van der Waals surface area contributed by atoms with E-state index >= 15 is 0 Å². The second kappa shape index (κ2) is 4.88. The van der Waals surface area contributed by atoms with E-state index in [1.54, 1.807) is 6.07 Å². The van der Waals surface area contributed by atoms with Gasteiger partial charge in [0.15, 0.2) is 0 Å². The average molecular weight is 300 g/mol. The number of halogens is 2. The van der Waals surface area contributed by atoms with Crippen LogP contribution in [0.4, 0.5) is 10.1 Å². The highest BCUT2D eigenvalue weighted by Crippen LogP contribution is 2.50. The molecule has 0 bridgehead atoms. The third-order valence-electron chi connectivity index (χ3n) is 4.55. The number of rotatable bonds is 1. The highest BCUT2D eigenvalue weighted by atomic mass is 35.5. The summed E-state index contributed by atoms with van der Waals surface area (Å²) in [6, 6.07) is 13.3. The number of hydrogen-bond donors (Lipinski definition) is 1. The van der Waals surface area contributed by atoms with Gasteiger partial charge in [0.05, 0.1) is 11.7 Å². The molecule has 3 atom stereocenters. The Kier molecular flexibility index (Phi) is 3.00. The number of benzene rings is 2. The van der Waals surface area contributed by atoms with Crippen LogP contribution >= 0.6 is 11.6 Å². The van der Waals surface area contributed by atoms with Crippen molar-refractivity contribution in [3.63, 3.8) is 0 Å². The van der Waals surface area contributed by atoms with E-state index in [-0.39, 0.29) is 17.8 Å². The Morgan fingerprint density at radius 1 is 1.14 bits per heavy atom. The van der Waals surface area contributed by atoms with E-state index in [0.717, 1.165) is 22.6 Å². The third kappa shape index (κ3) is 2.06. The van der Waals surface area contributed by atoms with Gasteiger partial charge in [-0.2, -0.15) is 0 Å². The van der Waals surface area contributed by atoms with E-state index in [0.29, 0.717) is 11.6 Å². The van der Waals surface area contributed by atoms with Crippen molar-refractivity contribution in [2.24, 2.45) is 5.92 Å². The van der Waals surface area contributed by atoms with Gasteiger partial charge >= 0.3 is 0 Å². The topological polar surface area (TPSA) is 12.0 Å². The molecule has 1 aliphatic carbocycles. The zero-order valence-electron chi connectivity index (χ0n) is 11.4. The molecule has 1 heterocycles. The van der Waals surface area contributed by atoms with Gasteiger partial charge in [-0.1, -0.05) is 48.0 Å². The number of hydrogen-bond acceptors (Lipinski definition) is 1. The summed E-state index contributed by atoms with van der Waals surface area (Å²) in [5, 5.41) is 4.13. The second-order valence-corrected chi connectivity index (χ2v) is 6.17. The SMILES string of the molecule is Fc1cccc2c1N[C@@H](c1cccc(Cl)c1)[C@H]1CC=C[C@@H]21. The van der Waals surface area contributed by atoms with Gasteiger partial charge in [-0.3, -0.25) is 0 Å². The number of anilines is 1. The van der Waals surface area contributed by atoms with Crippen LogP contribution in [0.2, 0.25) is 5.02 Å². The minimum absolute atomic E-state index is 0.0908. The summed E-state index contributed by atoms with van der Waals surface area (Å²) < 4.78 is 14.2. The van der Waals surface area contributed by atoms with Crippen molar-refractivity contribution in [3.8, 4) is 0 Å². The first-order chi connectivity index (χ1) is 10.2. The van der Waals surface area contributed by atoms with Crippen molar-refractivity contribution < 1.29 is 4.39 Å². The molecule has 0 fully saturated rings.